The third-order valence-electron chi connectivity index (χ3n) is 3.98. The Morgan fingerprint density at radius 2 is 1.91 bits per heavy atom. The molecule has 128 valence electrons. The summed E-state index contributed by atoms with van der Waals surface area (Å²) in [7, 11) is 1.65. The van der Waals surface area contributed by atoms with Crippen LogP contribution in [0.3, 0.4) is 0 Å². The molecule has 2 rings (SSSR count). The van der Waals surface area contributed by atoms with Crippen LogP contribution < -0.4 is 14.4 Å². The van der Waals surface area contributed by atoms with Gasteiger partial charge in [-0.2, -0.15) is 0 Å². The summed E-state index contributed by atoms with van der Waals surface area (Å²) in [6, 6.07) is 6.08. The molecule has 0 bridgehead atoms. The van der Waals surface area contributed by atoms with Gasteiger partial charge in [0, 0.05) is 5.56 Å². The largest absolute Gasteiger partial charge is 0.493 e. The zero-order valence-electron chi connectivity index (χ0n) is 14.3. The van der Waals surface area contributed by atoms with Crippen molar-refractivity contribution in [2.45, 2.75) is 20.4 Å². The lowest BCUT2D eigenvalue weighted by atomic mass is 10.1. The number of benzene rings is 1. The van der Waals surface area contributed by atoms with Crippen molar-refractivity contribution in [3.05, 3.63) is 23.8 Å². The van der Waals surface area contributed by atoms with Gasteiger partial charge in [-0.25, -0.2) is 4.79 Å². The van der Waals surface area contributed by atoms with Gasteiger partial charge in [0.2, 0.25) is 0 Å². The number of hydrogen-bond acceptors (Lipinski definition) is 4. The first-order valence-electron chi connectivity index (χ1n) is 8.22. The van der Waals surface area contributed by atoms with E-state index in [1.54, 1.807) is 12.0 Å². The summed E-state index contributed by atoms with van der Waals surface area (Å²) in [4.78, 5) is 15.0. The molecule has 0 atom stereocenters. The average Bonchev–Trinajstić information content (AvgIpc) is 2.56. The van der Waals surface area contributed by atoms with Crippen LogP contribution in [-0.2, 0) is 11.3 Å². The molecule has 1 aliphatic heterocycles. The summed E-state index contributed by atoms with van der Waals surface area (Å²) in [5.74, 6) is 1.55. The van der Waals surface area contributed by atoms with Crippen LogP contribution in [0.4, 0.5) is 4.79 Å². The number of hydrogen-bond donors (Lipinski definition) is 1. The Morgan fingerprint density at radius 3 is 2.52 bits per heavy atom. The number of nitrogens with one attached hydrogen (secondary N) is 1. The van der Waals surface area contributed by atoms with Gasteiger partial charge in [-0.05, 0) is 32.0 Å². The SMILES string of the molecule is CCOC(=O)N1CC[NH+](Cc2ccc(OC)c(OCC)c2)CC1. The van der Waals surface area contributed by atoms with E-state index in [2.05, 4.69) is 6.07 Å². The number of piperazine rings is 1. The second kappa shape index (κ2) is 8.62. The third-order valence-corrected chi connectivity index (χ3v) is 3.98. The number of rotatable bonds is 6. The highest BCUT2D eigenvalue weighted by molar-refractivity contribution is 5.67. The minimum Gasteiger partial charge on any atom is -0.493 e. The van der Waals surface area contributed by atoms with Crippen LogP contribution in [0.25, 0.3) is 0 Å². The van der Waals surface area contributed by atoms with Crippen LogP contribution in [0, 0.1) is 0 Å². The van der Waals surface area contributed by atoms with Gasteiger partial charge in [-0.1, -0.05) is 0 Å². The van der Waals surface area contributed by atoms with Crippen LogP contribution in [0.1, 0.15) is 19.4 Å². The van der Waals surface area contributed by atoms with Crippen molar-refractivity contribution in [1.29, 1.82) is 0 Å². The highest BCUT2D eigenvalue weighted by Crippen LogP contribution is 2.27. The summed E-state index contributed by atoms with van der Waals surface area (Å²) in [6.07, 6.45) is -0.199. The molecule has 1 heterocycles. The molecule has 0 aliphatic carbocycles. The van der Waals surface area contributed by atoms with E-state index in [4.69, 9.17) is 14.2 Å². The molecule has 0 aromatic heterocycles. The fourth-order valence-electron chi connectivity index (χ4n) is 2.79. The number of carbonyl (C=O) groups excluding carboxylic acids is 1. The second-order valence-corrected chi connectivity index (χ2v) is 5.53. The Balaban J connectivity index is 1.91. The molecule has 0 unspecified atom stereocenters. The summed E-state index contributed by atoms with van der Waals surface area (Å²) < 4.78 is 16.0. The summed E-state index contributed by atoms with van der Waals surface area (Å²) >= 11 is 0. The maximum absolute atomic E-state index is 11.7. The minimum atomic E-state index is -0.199. The van der Waals surface area contributed by atoms with Crippen LogP contribution in [0.15, 0.2) is 18.2 Å². The summed E-state index contributed by atoms with van der Waals surface area (Å²) in [6.45, 7) is 9.09. The van der Waals surface area contributed by atoms with Gasteiger partial charge in [-0.3, -0.25) is 4.90 Å². The predicted molar refractivity (Wildman–Crippen MR) is 87.2 cm³/mol. The van der Waals surface area contributed by atoms with E-state index in [1.165, 1.54) is 10.5 Å². The first-order valence-corrected chi connectivity index (χ1v) is 8.22. The van der Waals surface area contributed by atoms with Gasteiger partial charge in [0.05, 0.1) is 46.5 Å². The molecule has 1 aliphatic rings. The Morgan fingerprint density at radius 1 is 1.17 bits per heavy atom. The Kier molecular flexibility index (Phi) is 6.52. The number of nitrogens with zero attached hydrogens (tertiary/aromatic N) is 1. The zero-order valence-corrected chi connectivity index (χ0v) is 14.3. The Hall–Kier alpha value is -1.95. The topological polar surface area (TPSA) is 52.4 Å². The van der Waals surface area contributed by atoms with Crippen molar-refractivity contribution in [3.8, 4) is 11.5 Å². The molecule has 23 heavy (non-hydrogen) atoms. The zero-order chi connectivity index (χ0) is 16.7. The lowest BCUT2D eigenvalue weighted by Crippen LogP contribution is -3.13. The molecule has 0 spiro atoms. The standard InChI is InChI=1S/C17H26N2O4/c1-4-22-16-12-14(6-7-15(16)21-3)13-18-8-10-19(11-9-18)17(20)23-5-2/h6-7,12H,4-5,8-11,13H2,1-3H3/p+1. The quantitative estimate of drug-likeness (QED) is 0.847. The van der Waals surface area contributed by atoms with Crippen LogP contribution in [-0.4, -0.2) is 57.5 Å². The van der Waals surface area contributed by atoms with Gasteiger partial charge in [-0.15, -0.1) is 0 Å². The minimum absolute atomic E-state index is 0.199. The predicted octanol–water partition coefficient (Wildman–Crippen LogP) is 0.951. The molecular formula is C17H27N2O4+. The van der Waals surface area contributed by atoms with E-state index in [9.17, 15) is 4.79 Å². The molecule has 1 fully saturated rings. The van der Waals surface area contributed by atoms with Crippen LogP contribution in [0.5, 0.6) is 11.5 Å². The fourth-order valence-corrected chi connectivity index (χ4v) is 2.79. The van der Waals surface area contributed by atoms with Crippen molar-refractivity contribution in [1.82, 2.24) is 4.90 Å². The molecule has 0 radical (unpaired) electrons. The number of carbonyl (C=O) groups is 1. The molecule has 1 aromatic carbocycles. The van der Waals surface area contributed by atoms with E-state index in [1.807, 2.05) is 26.0 Å². The van der Waals surface area contributed by atoms with Crippen molar-refractivity contribution in [3.63, 3.8) is 0 Å². The Labute approximate surface area is 137 Å². The highest BCUT2D eigenvalue weighted by Gasteiger charge is 2.24. The molecular weight excluding hydrogens is 296 g/mol. The van der Waals surface area contributed by atoms with Gasteiger partial charge < -0.3 is 19.1 Å². The molecule has 6 heteroatoms. The third kappa shape index (κ3) is 4.76. The van der Waals surface area contributed by atoms with Crippen molar-refractivity contribution in [2.75, 3.05) is 46.5 Å². The number of amides is 1. The van der Waals surface area contributed by atoms with Gasteiger partial charge >= 0.3 is 6.09 Å². The van der Waals surface area contributed by atoms with E-state index in [-0.39, 0.29) is 6.09 Å². The number of ether oxygens (including phenoxy) is 3. The van der Waals surface area contributed by atoms with Gasteiger partial charge in [0.15, 0.2) is 11.5 Å². The van der Waals surface area contributed by atoms with Crippen LogP contribution in [0.2, 0.25) is 0 Å². The summed E-state index contributed by atoms with van der Waals surface area (Å²) in [5.41, 5.74) is 1.22. The lowest BCUT2D eigenvalue weighted by Gasteiger charge is -2.31. The normalized spacial score (nSPS) is 15.3. The Bertz CT molecular complexity index is 513. The average molecular weight is 323 g/mol. The fraction of sp³-hybridized carbons (Fsp3) is 0.588. The van der Waals surface area contributed by atoms with Crippen molar-refractivity contribution in [2.24, 2.45) is 0 Å². The molecule has 1 N–H and O–H groups in total. The molecule has 1 saturated heterocycles. The van der Waals surface area contributed by atoms with Crippen LogP contribution >= 0.6 is 0 Å². The lowest BCUT2D eigenvalue weighted by molar-refractivity contribution is -0.917. The number of methoxy groups -OCH3 is 1. The maximum atomic E-state index is 11.7. The van der Waals surface area contributed by atoms with E-state index in [0.717, 1.165) is 44.2 Å². The summed E-state index contributed by atoms with van der Waals surface area (Å²) in [5, 5.41) is 0. The van der Waals surface area contributed by atoms with Gasteiger partial charge in [0.1, 0.15) is 6.54 Å². The highest BCUT2D eigenvalue weighted by atomic mass is 16.6. The first kappa shape index (κ1) is 17.4. The van der Waals surface area contributed by atoms with E-state index in [0.29, 0.717) is 13.2 Å². The molecule has 6 nitrogen and oxygen atoms in total. The molecule has 1 amide bonds. The smallest absolute Gasteiger partial charge is 0.410 e. The van der Waals surface area contributed by atoms with E-state index < -0.39 is 0 Å². The van der Waals surface area contributed by atoms with Crippen molar-refractivity contribution >= 4 is 6.09 Å². The van der Waals surface area contributed by atoms with Gasteiger partial charge in [0.25, 0.3) is 0 Å². The maximum Gasteiger partial charge on any atom is 0.410 e. The molecule has 1 aromatic rings. The monoisotopic (exact) mass is 323 g/mol. The number of quaternary nitrogens is 1. The molecule has 0 saturated carbocycles. The second-order valence-electron chi connectivity index (χ2n) is 5.53. The van der Waals surface area contributed by atoms with E-state index >= 15 is 0 Å². The first-order chi connectivity index (χ1) is 11.2. The van der Waals surface area contributed by atoms with Crippen molar-refractivity contribution < 1.29 is 23.9 Å².